The molecule has 3 aliphatic heterocycles. The molecule has 28 heavy (non-hydrogen) atoms. The summed E-state index contributed by atoms with van der Waals surface area (Å²) in [6.45, 7) is 3.97. The van der Waals surface area contributed by atoms with Crippen molar-refractivity contribution in [2.45, 2.75) is 31.7 Å². The Morgan fingerprint density at radius 1 is 1.04 bits per heavy atom. The maximum atomic E-state index is 13.1. The molecule has 0 saturated carbocycles. The first-order valence-electron chi connectivity index (χ1n) is 10.3. The van der Waals surface area contributed by atoms with E-state index in [-0.39, 0.29) is 17.5 Å². The smallest absolute Gasteiger partial charge is 0.255 e. The van der Waals surface area contributed by atoms with Crippen molar-refractivity contribution < 1.29 is 4.79 Å². The number of carbonyl (C=O) groups is 1. The summed E-state index contributed by atoms with van der Waals surface area (Å²) in [7, 11) is 1.70. The van der Waals surface area contributed by atoms with Crippen LogP contribution in [0.5, 0.6) is 0 Å². The summed E-state index contributed by atoms with van der Waals surface area (Å²) in [5.74, 6) is 0.614. The number of pyridine rings is 1. The Bertz CT molecular complexity index is 877. The summed E-state index contributed by atoms with van der Waals surface area (Å²) in [6, 6.07) is 14.1. The van der Waals surface area contributed by atoms with Crippen molar-refractivity contribution in [1.29, 1.82) is 0 Å². The van der Waals surface area contributed by atoms with E-state index in [2.05, 4.69) is 40.1 Å². The number of amides is 1. The first-order chi connectivity index (χ1) is 13.6. The third-order valence-electron chi connectivity index (χ3n) is 6.17. The fourth-order valence-electron chi connectivity index (χ4n) is 4.65. The van der Waals surface area contributed by atoms with Gasteiger partial charge in [-0.1, -0.05) is 30.3 Å². The summed E-state index contributed by atoms with van der Waals surface area (Å²) in [5, 5.41) is 0. The number of hydrogen-bond acceptors (Lipinski definition) is 3. The maximum Gasteiger partial charge on any atom is 0.255 e. The summed E-state index contributed by atoms with van der Waals surface area (Å²) in [4.78, 5) is 29.3. The molecule has 0 aliphatic carbocycles. The Kier molecular flexibility index (Phi) is 5.62. The molecule has 2 bridgehead atoms. The highest BCUT2D eigenvalue weighted by Crippen LogP contribution is 2.29. The molecule has 0 spiro atoms. The Hall–Kier alpha value is -2.40. The first kappa shape index (κ1) is 18.9. The van der Waals surface area contributed by atoms with Crippen molar-refractivity contribution in [3.8, 4) is 0 Å². The minimum atomic E-state index is -0.0847. The number of rotatable bonds is 5. The molecule has 0 unspecified atom stereocenters. The van der Waals surface area contributed by atoms with E-state index in [1.807, 2.05) is 0 Å². The summed E-state index contributed by atoms with van der Waals surface area (Å²) >= 11 is 0. The second-order valence-electron chi connectivity index (χ2n) is 8.27. The van der Waals surface area contributed by atoms with Crippen molar-refractivity contribution in [1.82, 2.24) is 14.4 Å². The molecular formula is C23H29N3O2. The number of piperidine rings is 1. The van der Waals surface area contributed by atoms with Gasteiger partial charge in [-0.05, 0) is 49.8 Å². The van der Waals surface area contributed by atoms with Gasteiger partial charge in [-0.3, -0.25) is 9.59 Å². The minimum Gasteiger partial charge on any atom is -0.334 e. The lowest BCUT2D eigenvalue weighted by Crippen LogP contribution is -2.47. The van der Waals surface area contributed by atoms with E-state index in [9.17, 15) is 9.59 Å². The van der Waals surface area contributed by atoms with E-state index in [1.54, 1.807) is 19.3 Å². The van der Waals surface area contributed by atoms with E-state index in [0.717, 1.165) is 45.4 Å². The van der Waals surface area contributed by atoms with Gasteiger partial charge in [-0.15, -0.1) is 0 Å². The number of hydrogen-bond donors (Lipinski definition) is 0. The monoisotopic (exact) mass is 379 g/mol. The third-order valence-corrected chi connectivity index (χ3v) is 6.17. The molecule has 5 heteroatoms. The van der Waals surface area contributed by atoms with Gasteiger partial charge in [0.15, 0.2) is 0 Å². The number of nitrogens with zero attached hydrogens (tertiary/aromatic N) is 3. The van der Waals surface area contributed by atoms with Crippen LogP contribution in [0.3, 0.4) is 0 Å². The van der Waals surface area contributed by atoms with Crippen LogP contribution < -0.4 is 5.56 Å². The molecule has 148 valence electrons. The zero-order chi connectivity index (χ0) is 19.5. The Balaban J connectivity index is 1.39. The van der Waals surface area contributed by atoms with Crippen LogP contribution in [0.15, 0.2) is 53.5 Å². The molecule has 0 radical (unpaired) electrons. The highest BCUT2D eigenvalue weighted by Gasteiger charge is 2.37. The van der Waals surface area contributed by atoms with Gasteiger partial charge in [0.2, 0.25) is 5.56 Å². The van der Waals surface area contributed by atoms with Gasteiger partial charge >= 0.3 is 0 Å². The van der Waals surface area contributed by atoms with Gasteiger partial charge in [-0.25, -0.2) is 0 Å². The molecule has 5 rings (SSSR count). The topological polar surface area (TPSA) is 45.6 Å². The van der Waals surface area contributed by atoms with E-state index < -0.39 is 0 Å². The van der Waals surface area contributed by atoms with Gasteiger partial charge in [0.25, 0.3) is 5.91 Å². The van der Waals surface area contributed by atoms with Gasteiger partial charge in [0.1, 0.15) is 0 Å². The van der Waals surface area contributed by atoms with Crippen molar-refractivity contribution >= 4 is 5.91 Å². The average molecular weight is 380 g/mol. The SMILES string of the molecule is Cn1cc(C(=O)N2C[C@H]3CC[C@@H]2CN(CCCc2ccccc2)C3)ccc1=O. The lowest BCUT2D eigenvalue weighted by molar-refractivity contribution is 0.0584. The molecular weight excluding hydrogens is 350 g/mol. The van der Waals surface area contributed by atoms with Crippen LogP contribution in [0.2, 0.25) is 0 Å². The van der Waals surface area contributed by atoms with Crippen LogP contribution in [0.1, 0.15) is 35.2 Å². The van der Waals surface area contributed by atoms with Crippen molar-refractivity contribution in [2.24, 2.45) is 13.0 Å². The highest BCUT2D eigenvalue weighted by molar-refractivity contribution is 5.94. The molecule has 1 aromatic carbocycles. The molecule has 3 saturated heterocycles. The van der Waals surface area contributed by atoms with Gasteiger partial charge in [0.05, 0.1) is 5.56 Å². The first-order valence-corrected chi connectivity index (χ1v) is 10.3. The van der Waals surface area contributed by atoms with Crippen LogP contribution in [0.25, 0.3) is 0 Å². The lowest BCUT2D eigenvalue weighted by atomic mass is 9.94. The van der Waals surface area contributed by atoms with Crippen LogP contribution in [-0.2, 0) is 13.5 Å². The van der Waals surface area contributed by atoms with Crippen molar-refractivity contribution in [2.75, 3.05) is 26.2 Å². The number of carbonyl (C=O) groups excluding carboxylic acids is 1. The van der Waals surface area contributed by atoms with Gasteiger partial charge in [-0.2, -0.15) is 0 Å². The summed E-state index contributed by atoms with van der Waals surface area (Å²) < 4.78 is 1.49. The van der Waals surface area contributed by atoms with Crippen molar-refractivity contribution in [3.05, 3.63) is 70.1 Å². The quantitative estimate of drug-likeness (QED) is 0.802. The second kappa shape index (κ2) is 8.31. The normalized spacial score (nSPS) is 22.2. The fourth-order valence-corrected chi connectivity index (χ4v) is 4.65. The predicted molar refractivity (Wildman–Crippen MR) is 110 cm³/mol. The van der Waals surface area contributed by atoms with Crippen LogP contribution in [0.4, 0.5) is 0 Å². The standard InChI is InChI=1S/C23H29N3O2/c1-24-16-20(10-12-22(24)27)23(28)26-15-19-9-11-21(26)17-25(14-19)13-5-8-18-6-3-2-4-7-18/h2-4,6-7,10,12,16,19,21H,5,8-9,11,13-15,17H2,1H3/t19-,21+/m0/s1. The van der Waals surface area contributed by atoms with Crippen LogP contribution >= 0.6 is 0 Å². The molecule has 2 aromatic rings. The van der Waals surface area contributed by atoms with E-state index in [0.29, 0.717) is 11.5 Å². The molecule has 3 aliphatic rings. The predicted octanol–water partition coefficient (Wildman–Crippen LogP) is 2.55. The van der Waals surface area contributed by atoms with Crippen molar-refractivity contribution in [3.63, 3.8) is 0 Å². The molecule has 1 amide bonds. The summed E-state index contributed by atoms with van der Waals surface area (Å²) in [6.07, 6.45) is 6.21. The highest BCUT2D eigenvalue weighted by atomic mass is 16.2. The van der Waals surface area contributed by atoms with Gasteiger partial charge in [0, 0.05) is 45.0 Å². The maximum absolute atomic E-state index is 13.1. The number of fused-ring (bicyclic) bond motifs is 4. The van der Waals surface area contributed by atoms with Crippen LogP contribution in [0, 0.1) is 5.92 Å². The zero-order valence-electron chi connectivity index (χ0n) is 16.6. The zero-order valence-corrected chi connectivity index (χ0v) is 16.6. The number of aryl methyl sites for hydroxylation is 2. The minimum absolute atomic E-state index is 0.0661. The molecule has 2 atom stereocenters. The lowest BCUT2D eigenvalue weighted by Gasteiger charge is -2.36. The van der Waals surface area contributed by atoms with E-state index >= 15 is 0 Å². The molecule has 0 N–H and O–H groups in total. The van der Waals surface area contributed by atoms with E-state index in [1.165, 1.54) is 22.6 Å². The largest absolute Gasteiger partial charge is 0.334 e. The Morgan fingerprint density at radius 3 is 2.64 bits per heavy atom. The number of benzene rings is 1. The van der Waals surface area contributed by atoms with Crippen LogP contribution in [-0.4, -0.2) is 52.5 Å². The van der Waals surface area contributed by atoms with Gasteiger partial charge < -0.3 is 14.4 Å². The Labute approximate surface area is 166 Å². The molecule has 1 aromatic heterocycles. The van der Waals surface area contributed by atoms with E-state index in [4.69, 9.17) is 0 Å². The molecule has 5 nitrogen and oxygen atoms in total. The number of aromatic nitrogens is 1. The fraction of sp³-hybridized carbons (Fsp3) is 0.478. The molecule has 4 heterocycles. The average Bonchev–Trinajstić information content (AvgIpc) is 3.01. The molecule has 3 fully saturated rings. The third kappa shape index (κ3) is 4.20. The Morgan fingerprint density at radius 2 is 1.86 bits per heavy atom. The second-order valence-corrected chi connectivity index (χ2v) is 8.27. The summed E-state index contributed by atoms with van der Waals surface area (Å²) in [5.41, 5.74) is 1.93.